The number of allylic oxidation sites excluding steroid dienone is 1. The Labute approximate surface area is 170 Å². The molecule has 1 aliphatic heterocycles. The molecule has 1 aromatic heterocycles. The zero-order valence-corrected chi connectivity index (χ0v) is 16.7. The molecule has 1 amide bonds. The summed E-state index contributed by atoms with van der Waals surface area (Å²) >= 11 is 3.51. The Morgan fingerprint density at radius 1 is 1.29 bits per heavy atom. The van der Waals surface area contributed by atoms with Gasteiger partial charge in [-0.15, -0.1) is 0 Å². The van der Waals surface area contributed by atoms with Crippen LogP contribution in [0.5, 0.6) is 5.75 Å². The highest BCUT2D eigenvalue weighted by atomic mass is 79.9. The van der Waals surface area contributed by atoms with Gasteiger partial charge in [-0.25, -0.2) is 4.68 Å². The van der Waals surface area contributed by atoms with E-state index in [0.29, 0.717) is 29.6 Å². The molecule has 0 radical (unpaired) electrons. The maximum Gasteiger partial charge on any atom is 0.248 e. The summed E-state index contributed by atoms with van der Waals surface area (Å²) in [6.07, 6.45) is 1.44. The van der Waals surface area contributed by atoms with Crippen molar-refractivity contribution >= 4 is 27.8 Å². The summed E-state index contributed by atoms with van der Waals surface area (Å²) in [5, 5.41) is 7.38. The summed E-state index contributed by atoms with van der Waals surface area (Å²) in [6, 6.07) is 15.0. The highest BCUT2D eigenvalue weighted by Gasteiger charge is 2.34. The first-order chi connectivity index (χ1) is 13.5. The van der Waals surface area contributed by atoms with Crippen LogP contribution in [0.15, 0.2) is 70.6 Å². The van der Waals surface area contributed by atoms with Gasteiger partial charge in [-0.2, -0.15) is 10.1 Å². The number of nitrogens with two attached hydrogens (primary N) is 1. The number of aromatic nitrogens is 3. The molecular weight excluding hydrogens is 422 g/mol. The van der Waals surface area contributed by atoms with Crippen LogP contribution in [0.25, 0.3) is 0 Å². The summed E-state index contributed by atoms with van der Waals surface area (Å²) in [5.41, 5.74) is 8.59. The third kappa shape index (κ3) is 3.38. The Morgan fingerprint density at radius 2 is 2.07 bits per heavy atom. The molecule has 1 aliphatic rings. The smallest absolute Gasteiger partial charge is 0.248 e. The molecular formula is C20H18BrN5O2. The van der Waals surface area contributed by atoms with Crippen molar-refractivity contribution in [3.8, 4) is 5.75 Å². The first-order valence-corrected chi connectivity index (χ1v) is 9.47. The van der Waals surface area contributed by atoms with E-state index in [1.165, 1.54) is 6.33 Å². The Kier molecular flexibility index (Phi) is 4.87. The number of hydrogen-bond donors (Lipinski definition) is 2. The second-order valence-corrected chi connectivity index (χ2v) is 7.33. The molecule has 0 fully saturated rings. The van der Waals surface area contributed by atoms with Gasteiger partial charge in [-0.1, -0.05) is 46.3 Å². The minimum Gasteiger partial charge on any atom is -0.489 e. The number of anilines is 1. The average molecular weight is 440 g/mol. The van der Waals surface area contributed by atoms with E-state index in [1.807, 2.05) is 48.5 Å². The lowest BCUT2D eigenvalue weighted by atomic mass is 9.94. The summed E-state index contributed by atoms with van der Waals surface area (Å²) < 4.78 is 8.61. The van der Waals surface area contributed by atoms with Gasteiger partial charge in [0.2, 0.25) is 11.9 Å². The fourth-order valence-electron chi connectivity index (χ4n) is 3.30. The van der Waals surface area contributed by atoms with Crippen LogP contribution < -0.4 is 15.8 Å². The van der Waals surface area contributed by atoms with E-state index in [4.69, 9.17) is 10.5 Å². The van der Waals surface area contributed by atoms with Crippen LogP contribution in [0.3, 0.4) is 0 Å². The van der Waals surface area contributed by atoms with Crippen molar-refractivity contribution in [2.75, 3.05) is 5.32 Å². The van der Waals surface area contributed by atoms with E-state index < -0.39 is 11.9 Å². The van der Waals surface area contributed by atoms with Crippen molar-refractivity contribution in [3.05, 3.63) is 81.7 Å². The molecule has 142 valence electrons. The minimum atomic E-state index is -0.542. The number of rotatable bonds is 5. The van der Waals surface area contributed by atoms with Crippen LogP contribution in [-0.4, -0.2) is 20.7 Å². The third-order valence-corrected chi connectivity index (χ3v) is 5.06. The van der Waals surface area contributed by atoms with Crippen molar-refractivity contribution < 1.29 is 9.53 Å². The van der Waals surface area contributed by atoms with E-state index in [9.17, 15) is 4.79 Å². The average Bonchev–Trinajstić information content (AvgIpc) is 3.14. The van der Waals surface area contributed by atoms with Crippen LogP contribution in [0.4, 0.5) is 5.95 Å². The number of halogens is 1. The van der Waals surface area contributed by atoms with Crippen LogP contribution >= 0.6 is 15.9 Å². The van der Waals surface area contributed by atoms with E-state index in [2.05, 4.69) is 31.3 Å². The number of primary amides is 1. The maximum atomic E-state index is 12.3. The monoisotopic (exact) mass is 439 g/mol. The van der Waals surface area contributed by atoms with Gasteiger partial charge in [0.25, 0.3) is 0 Å². The van der Waals surface area contributed by atoms with Gasteiger partial charge >= 0.3 is 0 Å². The topological polar surface area (TPSA) is 95.1 Å². The highest BCUT2D eigenvalue weighted by Crippen LogP contribution is 2.39. The first-order valence-electron chi connectivity index (χ1n) is 8.68. The van der Waals surface area contributed by atoms with Crippen LogP contribution in [0, 0.1) is 0 Å². The van der Waals surface area contributed by atoms with Crippen molar-refractivity contribution in [1.29, 1.82) is 0 Å². The summed E-state index contributed by atoms with van der Waals surface area (Å²) in [5.74, 6) is 0.665. The fourth-order valence-corrected chi connectivity index (χ4v) is 3.68. The number of nitrogens with zero attached hydrogens (tertiary/aromatic N) is 3. The maximum absolute atomic E-state index is 12.3. The van der Waals surface area contributed by atoms with Gasteiger partial charge in [-0.3, -0.25) is 4.79 Å². The number of carbonyl (C=O) groups is 1. The quantitative estimate of drug-likeness (QED) is 0.634. The van der Waals surface area contributed by atoms with Gasteiger partial charge in [-0.05, 0) is 30.7 Å². The molecule has 0 bridgehead atoms. The van der Waals surface area contributed by atoms with Crippen LogP contribution in [0.2, 0.25) is 0 Å². The Morgan fingerprint density at radius 3 is 2.82 bits per heavy atom. The molecule has 8 heteroatoms. The Bertz CT molecular complexity index is 1060. The molecule has 3 N–H and O–H groups in total. The number of nitrogens with one attached hydrogen (secondary N) is 1. The second-order valence-electron chi connectivity index (χ2n) is 6.42. The zero-order valence-electron chi connectivity index (χ0n) is 15.1. The van der Waals surface area contributed by atoms with Gasteiger partial charge in [0.1, 0.15) is 24.7 Å². The zero-order chi connectivity index (χ0) is 19.7. The molecule has 3 aromatic rings. The van der Waals surface area contributed by atoms with Crippen LogP contribution in [0.1, 0.15) is 24.1 Å². The third-order valence-electron chi connectivity index (χ3n) is 4.56. The van der Waals surface area contributed by atoms with Crippen molar-refractivity contribution in [2.24, 2.45) is 5.73 Å². The lowest BCUT2D eigenvalue weighted by Crippen LogP contribution is -2.32. The number of fused-ring (bicyclic) bond motifs is 1. The van der Waals surface area contributed by atoms with Crippen molar-refractivity contribution in [2.45, 2.75) is 19.6 Å². The molecule has 0 spiro atoms. The molecule has 7 nitrogen and oxygen atoms in total. The summed E-state index contributed by atoms with van der Waals surface area (Å²) in [6.45, 7) is 2.20. The standard InChI is InChI=1S/C20H18BrN5O2/c1-12-17(19(22)27)18(26-20(25-12)23-11-24-26)15-9-14(21)7-8-16(15)28-10-13-5-3-2-4-6-13/h2-9,11,18H,10H2,1H3,(H2,22,27)(H,23,24,25)/t18-/m0/s1. The number of ether oxygens (including phenoxy) is 1. The largest absolute Gasteiger partial charge is 0.489 e. The van der Waals surface area contributed by atoms with Gasteiger partial charge < -0.3 is 15.8 Å². The van der Waals surface area contributed by atoms with Crippen molar-refractivity contribution in [3.63, 3.8) is 0 Å². The Balaban J connectivity index is 1.79. The first kappa shape index (κ1) is 18.2. The molecule has 0 saturated heterocycles. The normalized spacial score (nSPS) is 15.7. The number of amides is 1. The molecule has 4 rings (SSSR count). The van der Waals surface area contributed by atoms with E-state index in [1.54, 1.807) is 11.6 Å². The molecule has 0 aliphatic carbocycles. The molecule has 0 saturated carbocycles. The van der Waals surface area contributed by atoms with Gasteiger partial charge in [0.05, 0.1) is 5.57 Å². The SMILES string of the molecule is CC1=C(C(N)=O)[C@H](c2cc(Br)ccc2OCc2ccccc2)n2ncnc2N1. The Hall–Kier alpha value is -3.13. The van der Waals surface area contributed by atoms with E-state index >= 15 is 0 Å². The number of hydrogen-bond acceptors (Lipinski definition) is 5. The lowest BCUT2D eigenvalue weighted by molar-refractivity contribution is -0.115. The molecule has 0 unspecified atom stereocenters. The van der Waals surface area contributed by atoms with Gasteiger partial charge in [0.15, 0.2) is 0 Å². The number of benzene rings is 2. The number of carbonyl (C=O) groups excluding carboxylic acids is 1. The lowest BCUT2D eigenvalue weighted by Gasteiger charge is -2.29. The summed E-state index contributed by atoms with van der Waals surface area (Å²) in [7, 11) is 0. The second kappa shape index (κ2) is 7.47. The predicted octanol–water partition coefficient (Wildman–Crippen LogP) is 3.39. The summed E-state index contributed by atoms with van der Waals surface area (Å²) in [4.78, 5) is 16.5. The minimum absolute atomic E-state index is 0.402. The van der Waals surface area contributed by atoms with Gasteiger partial charge in [0, 0.05) is 15.7 Å². The van der Waals surface area contributed by atoms with E-state index in [0.717, 1.165) is 15.6 Å². The fraction of sp³-hybridized carbons (Fsp3) is 0.150. The van der Waals surface area contributed by atoms with Crippen molar-refractivity contribution in [1.82, 2.24) is 14.8 Å². The molecule has 1 atom stereocenters. The highest BCUT2D eigenvalue weighted by molar-refractivity contribution is 9.10. The molecule has 2 aromatic carbocycles. The van der Waals surface area contributed by atoms with E-state index in [-0.39, 0.29) is 0 Å². The molecule has 2 heterocycles. The van der Waals surface area contributed by atoms with Crippen LogP contribution in [-0.2, 0) is 11.4 Å². The molecule has 28 heavy (non-hydrogen) atoms. The predicted molar refractivity (Wildman–Crippen MR) is 109 cm³/mol.